The van der Waals surface area contributed by atoms with Crippen LogP contribution in [-0.4, -0.2) is 19.4 Å². The zero-order valence-corrected chi connectivity index (χ0v) is 14.1. The number of hydrogen-bond acceptors (Lipinski definition) is 3. The molecule has 1 N–H and O–H groups in total. The largest absolute Gasteiger partial charge is 0.337 e. The van der Waals surface area contributed by atoms with Gasteiger partial charge in [0.05, 0.1) is 22.3 Å². The lowest BCUT2D eigenvalue weighted by molar-refractivity contribution is 0.630. The van der Waals surface area contributed by atoms with Gasteiger partial charge in [0.1, 0.15) is 11.6 Å². The van der Waals surface area contributed by atoms with Crippen molar-refractivity contribution in [3.8, 4) is 22.6 Å². The number of nitrogens with zero attached hydrogens (tertiary/aromatic N) is 3. The van der Waals surface area contributed by atoms with Gasteiger partial charge in [0.15, 0.2) is 4.96 Å². The number of halogens is 1. The molecule has 5 aromatic rings. The average molecular weight is 348 g/mol. The third-order valence-corrected chi connectivity index (χ3v) is 5.04. The fraction of sp³-hybridized carbons (Fsp3) is 0.0526. The Hall–Kier alpha value is -2.99. The zero-order chi connectivity index (χ0) is 17.0. The molecule has 3 heterocycles. The molecule has 0 atom stereocenters. The second kappa shape index (κ2) is 5.26. The van der Waals surface area contributed by atoms with Gasteiger partial charge in [-0.3, -0.25) is 4.40 Å². The molecule has 0 fully saturated rings. The maximum Gasteiger partial charge on any atom is 0.194 e. The van der Waals surface area contributed by atoms with Crippen molar-refractivity contribution in [1.82, 2.24) is 19.4 Å². The SMILES string of the molecule is Cc1ccc(F)c(-c2nc3cccc(-c4cn5ccsc5n4)c3[nH]2)c1. The fourth-order valence-corrected chi connectivity index (χ4v) is 3.75. The van der Waals surface area contributed by atoms with Crippen LogP contribution >= 0.6 is 11.3 Å². The number of nitrogens with one attached hydrogen (secondary N) is 1. The molecule has 0 saturated carbocycles. The van der Waals surface area contributed by atoms with Crippen molar-refractivity contribution in [3.05, 3.63) is 65.6 Å². The van der Waals surface area contributed by atoms with E-state index >= 15 is 0 Å². The number of hydrogen-bond donors (Lipinski definition) is 1. The number of aryl methyl sites for hydroxylation is 1. The predicted molar refractivity (Wildman–Crippen MR) is 98.3 cm³/mol. The van der Waals surface area contributed by atoms with Crippen LogP contribution in [0, 0.1) is 12.7 Å². The molecule has 0 unspecified atom stereocenters. The molecule has 0 aliphatic carbocycles. The Kier molecular flexibility index (Phi) is 3.02. The molecule has 2 aromatic carbocycles. The van der Waals surface area contributed by atoms with E-state index in [0.29, 0.717) is 11.4 Å². The predicted octanol–water partition coefficient (Wildman–Crippen LogP) is 5.05. The highest BCUT2D eigenvalue weighted by molar-refractivity contribution is 7.15. The van der Waals surface area contributed by atoms with E-state index in [1.807, 2.05) is 47.3 Å². The van der Waals surface area contributed by atoms with Crippen molar-refractivity contribution in [3.63, 3.8) is 0 Å². The highest BCUT2D eigenvalue weighted by Crippen LogP contribution is 2.31. The van der Waals surface area contributed by atoms with E-state index in [1.165, 1.54) is 6.07 Å². The molecule has 3 aromatic heterocycles. The second-order valence-electron chi connectivity index (χ2n) is 5.99. The Balaban J connectivity index is 1.72. The summed E-state index contributed by atoms with van der Waals surface area (Å²) in [4.78, 5) is 13.5. The van der Waals surface area contributed by atoms with Gasteiger partial charge in [0.25, 0.3) is 0 Å². The first-order valence-electron chi connectivity index (χ1n) is 7.87. The fourth-order valence-electron chi connectivity index (χ4n) is 3.05. The highest BCUT2D eigenvalue weighted by Gasteiger charge is 2.15. The minimum atomic E-state index is -0.284. The lowest BCUT2D eigenvalue weighted by atomic mass is 10.1. The van der Waals surface area contributed by atoms with Crippen LogP contribution in [0.3, 0.4) is 0 Å². The number of fused-ring (bicyclic) bond motifs is 2. The summed E-state index contributed by atoms with van der Waals surface area (Å²) in [5, 5.41) is 2.00. The molecule has 25 heavy (non-hydrogen) atoms. The van der Waals surface area contributed by atoms with E-state index < -0.39 is 0 Å². The van der Waals surface area contributed by atoms with Crippen molar-refractivity contribution >= 4 is 27.3 Å². The third-order valence-electron chi connectivity index (χ3n) is 4.26. The summed E-state index contributed by atoms with van der Waals surface area (Å²) < 4.78 is 16.2. The van der Waals surface area contributed by atoms with Gasteiger partial charge >= 0.3 is 0 Å². The van der Waals surface area contributed by atoms with Crippen LogP contribution in [0.5, 0.6) is 0 Å². The molecular weight excluding hydrogens is 335 g/mol. The summed E-state index contributed by atoms with van der Waals surface area (Å²) in [5.74, 6) is 0.249. The first kappa shape index (κ1) is 14.4. The maximum atomic E-state index is 14.2. The van der Waals surface area contributed by atoms with Gasteiger partial charge in [0, 0.05) is 23.3 Å². The molecule has 0 bridgehead atoms. The maximum absolute atomic E-state index is 14.2. The van der Waals surface area contributed by atoms with E-state index in [0.717, 1.165) is 32.8 Å². The molecule has 0 radical (unpaired) electrons. The zero-order valence-electron chi connectivity index (χ0n) is 13.3. The summed E-state index contributed by atoms with van der Waals surface area (Å²) in [5.41, 5.74) is 4.96. The molecule has 0 spiro atoms. The number of rotatable bonds is 2. The molecule has 4 nitrogen and oxygen atoms in total. The molecule has 0 aliphatic rings. The summed E-state index contributed by atoms with van der Waals surface area (Å²) >= 11 is 1.59. The van der Waals surface area contributed by atoms with Gasteiger partial charge < -0.3 is 4.98 Å². The molecule has 6 heteroatoms. The van der Waals surface area contributed by atoms with Gasteiger partial charge in [-0.05, 0) is 25.1 Å². The first-order valence-corrected chi connectivity index (χ1v) is 8.75. The van der Waals surface area contributed by atoms with Crippen molar-refractivity contribution in [2.45, 2.75) is 6.92 Å². The molecule has 0 saturated heterocycles. The molecule has 122 valence electrons. The number of aromatic amines is 1. The van der Waals surface area contributed by atoms with Crippen LogP contribution in [0.15, 0.2) is 54.2 Å². The molecule has 5 rings (SSSR count). The number of H-pyrrole nitrogens is 1. The summed E-state index contributed by atoms with van der Waals surface area (Å²) in [6, 6.07) is 10.9. The van der Waals surface area contributed by atoms with Crippen molar-refractivity contribution in [2.75, 3.05) is 0 Å². The monoisotopic (exact) mass is 348 g/mol. The Morgan fingerprint density at radius 1 is 1.12 bits per heavy atom. The lowest BCUT2D eigenvalue weighted by Crippen LogP contribution is -1.87. The van der Waals surface area contributed by atoms with E-state index in [-0.39, 0.29) is 5.82 Å². The average Bonchev–Trinajstić information content (AvgIpc) is 3.29. The van der Waals surface area contributed by atoms with Crippen LogP contribution in [0.25, 0.3) is 38.6 Å². The van der Waals surface area contributed by atoms with Crippen molar-refractivity contribution in [2.24, 2.45) is 0 Å². The quantitative estimate of drug-likeness (QED) is 0.485. The van der Waals surface area contributed by atoms with Gasteiger partial charge in [-0.2, -0.15) is 0 Å². The van der Waals surface area contributed by atoms with Crippen LogP contribution in [0.1, 0.15) is 5.56 Å². The van der Waals surface area contributed by atoms with E-state index in [9.17, 15) is 4.39 Å². The van der Waals surface area contributed by atoms with Gasteiger partial charge in [0.2, 0.25) is 0 Å². The topological polar surface area (TPSA) is 46.0 Å². The van der Waals surface area contributed by atoms with E-state index in [4.69, 9.17) is 0 Å². The Labute approximate surface area is 146 Å². The number of aromatic nitrogens is 4. The summed E-state index contributed by atoms with van der Waals surface area (Å²) in [6.45, 7) is 1.94. The number of thiazole rings is 1. The molecular formula is C19H13FN4S. The van der Waals surface area contributed by atoms with Crippen LogP contribution in [0.4, 0.5) is 4.39 Å². The highest BCUT2D eigenvalue weighted by atomic mass is 32.1. The minimum absolute atomic E-state index is 0.284. The summed E-state index contributed by atoms with van der Waals surface area (Å²) in [7, 11) is 0. The Morgan fingerprint density at radius 3 is 2.92 bits per heavy atom. The van der Waals surface area contributed by atoms with Crippen molar-refractivity contribution in [1.29, 1.82) is 0 Å². The number of benzene rings is 2. The normalized spacial score (nSPS) is 11.6. The standard InChI is InChI=1S/C19H13FN4S/c1-11-5-6-14(20)13(9-11)18-21-15-4-2-3-12(17(15)23-18)16-10-24-7-8-25-19(24)22-16/h2-10H,1H3,(H,21,23). The first-order chi connectivity index (χ1) is 12.2. The number of para-hydroxylation sites is 1. The summed E-state index contributed by atoms with van der Waals surface area (Å²) in [6.07, 6.45) is 3.98. The lowest BCUT2D eigenvalue weighted by Gasteiger charge is -2.01. The van der Waals surface area contributed by atoms with Crippen LogP contribution in [-0.2, 0) is 0 Å². The second-order valence-corrected chi connectivity index (χ2v) is 6.86. The minimum Gasteiger partial charge on any atom is -0.337 e. The van der Waals surface area contributed by atoms with Crippen LogP contribution in [0.2, 0.25) is 0 Å². The number of imidazole rings is 2. The van der Waals surface area contributed by atoms with E-state index in [2.05, 4.69) is 15.0 Å². The van der Waals surface area contributed by atoms with Crippen molar-refractivity contribution < 1.29 is 4.39 Å². The van der Waals surface area contributed by atoms with Gasteiger partial charge in [-0.15, -0.1) is 11.3 Å². The van der Waals surface area contributed by atoms with Gasteiger partial charge in [-0.1, -0.05) is 23.8 Å². The Morgan fingerprint density at radius 2 is 2.04 bits per heavy atom. The third kappa shape index (κ3) is 2.26. The van der Waals surface area contributed by atoms with Crippen LogP contribution < -0.4 is 0 Å². The van der Waals surface area contributed by atoms with Gasteiger partial charge in [-0.25, -0.2) is 14.4 Å². The Bertz CT molecular complexity index is 1200. The molecule has 0 amide bonds. The molecule has 0 aliphatic heterocycles. The van der Waals surface area contributed by atoms with E-state index in [1.54, 1.807) is 23.5 Å². The smallest absolute Gasteiger partial charge is 0.194 e.